The molecule has 8 nitrogen and oxygen atoms in total. The van der Waals surface area contributed by atoms with E-state index in [2.05, 4.69) is 53.8 Å². The number of aliphatic hydroxyl groups excluding tert-OH is 1. The molecule has 3 aliphatic heterocycles. The number of carbonyl (C=O) groups excluding carboxylic acids is 1. The van der Waals surface area contributed by atoms with Crippen molar-refractivity contribution in [1.29, 1.82) is 0 Å². The van der Waals surface area contributed by atoms with Gasteiger partial charge in [-0.15, -0.1) is 0 Å². The minimum absolute atomic E-state index is 0.0246. The molecule has 3 saturated heterocycles. The summed E-state index contributed by atoms with van der Waals surface area (Å²) in [5.41, 5.74) is 0.614. The number of rotatable bonds is 5. The van der Waals surface area contributed by atoms with Gasteiger partial charge in [0, 0.05) is 31.6 Å². The Morgan fingerprint density at radius 1 is 1.02 bits per heavy atom. The highest BCUT2D eigenvalue weighted by Crippen LogP contribution is 2.89. The lowest BCUT2D eigenvalue weighted by Crippen LogP contribution is -2.60. The fourth-order valence-electron chi connectivity index (χ4n) is 13.9. The van der Waals surface area contributed by atoms with Crippen molar-refractivity contribution in [3.05, 3.63) is 0 Å². The number of amides is 1. The number of hydrogen-bond donors (Lipinski definition) is 2. The molecule has 8 rings (SSSR count). The Morgan fingerprint density at radius 3 is 2.43 bits per heavy atom. The number of hydrogen-bond acceptors (Lipinski definition) is 7. The van der Waals surface area contributed by atoms with Gasteiger partial charge in [-0.2, -0.15) is 0 Å². The van der Waals surface area contributed by atoms with Crippen LogP contribution in [0.15, 0.2) is 0 Å². The van der Waals surface area contributed by atoms with Crippen LogP contribution in [0.25, 0.3) is 0 Å². The van der Waals surface area contributed by atoms with E-state index in [0.717, 1.165) is 52.0 Å². The number of nitrogens with one attached hydrogen (secondary N) is 1. The zero-order valence-electron chi connectivity index (χ0n) is 29.7. The van der Waals surface area contributed by atoms with E-state index in [1.54, 1.807) is 4.90 Å². The molecule has 8 heteroatoms. The summed E-state index contributed by atoms with van der Waals surface area (Å²) in [4.78, 5) is 14.7. The standard InChI is InChI=1S/C38H62N2O6/c1-22(2)30(46-33(42)40-16-8-17-40)24-19-23(3)29-31(44-24)32(41)36(7)26-10-9-25-34(4,5)27(45-28-20-39-15-18-43-28)11-12-37(25)21-38(26,37)14-13-35(29,36)6/h22-32,39,41H,8-21H2,1-7H3/t23-,24-,25+,26+,27?,28+,29+,30?,31+,32+,35-,36-,37?,38+/m1/s1. The summed E-state index contributed by atoms with van der Waals surface area (Å²) in [5.74, 6) is 2.02. The predicted octanol–water partition coefficient (Wildman–Crippen LogP) is 6.00. The maximum atomic E-state index is 12.9. The predicted molar refractivity (Wildman–Crippen MR) is 175 cm³/mol. The van der Waals surface area contributed by atoms with Gasteiger partial charge in [-0.3, -0.25) is 0 Å². The Labute approximate surface area is 277 Å². The van der Waals surface area contributed by atoms with Crippen LogP contribution in [-0.4, -0.2) is 85.7 Å². The summed E-state index contributed by atoms with van der Waals surface area (Å²) in [7, 11) is 0. The van der Waals surface area contributed by atoms with E-state index in [1.807, 2.05) is 0 Å². The van der Waals surface area contributed by atoms with Crippen LogP contribution in [-0.2, 0) is 18.9 Å². The van der Waals surface area contributed by atoms with Gasteiger partial charge in [0.25, 0.3) is 0 Å². The zero-order valence-corrected chi connectivity index (χ0v) is 29.7. The van der Waals surface area contributed by atoms with E-state index in [0.29, 0.717) is 34.5 Å². The average molecular weight is 643 g/mol. The summed E-state index contributed by atoms with van der Waals surface area (Å²) in [5, 5.41) is 16.1. The van der Waals surface area contributed by atoms with Gasteiger partial charge in [0.05, 0.1) is 31.0 Å². The smallest absolute Gasteiger partial charge is 0.410 e. The van der Waals surface area contributed by atoms with Crippen LogP contribution in [0.2, 0.25) is 0 Å². The maximum absolute atomic E-state index is 12.9. The van der Waals surface area contributed by atoms with E-state index < -0.39 is 6.10 Å². The largest absolute Gasteiger partial charge is 0.443 e. The highest BCUT2D eigenvalue weighted by atomic mass is 16.7. The van der Waals surface area contributed by atoms with E-state index in [-0.39, 0.29) is 59.0 Å². The van der Waals surface area contributed by atoms with Crippen molar-refractivity contribution >= 4 is 6.09 Å². The van der Waals surface area contributed by atoms with Crippen LogP contribution in [0.4, 0.5) is 4.79 Å². The number of ether oxygens (including phenoxy) is 4. The van der Waals surface area contributed by atoms with Crippen LogP contribution in [0.3, 0.4) is 0 Å². The normalized spacial score (nSPS) is 52.7. The second-order valence-corrected chi connectivity index (χ2v) is 18.6. The Bertz CT molecular complexity index is 1200. The zero-order chi connectivity index (χ0) is 32.4. The van der Waals surface area contributed by atoms with Gasteiger partial charge < -0.3 is 34.3 Å². The minimum atomic E-state index is -0.508. The highest BCUT2D eigenvalue weighted by Gasteiger charge is 2.84. The number of aliphatic hydroxyl groups is 1. The average Bonchev–Trinajstić information content (AvgIpc) is 3.61. The lowest BCUT2D eigenvalue weighted by Gasteiger charge is -2.63. The lowest BCUT2D eigenvalue weighted by molar-refractivity contribution is -0.237. The molecule has 14 atom stereocenters. The van der Waals surface area contributed by atoms with Gasteiger partial charge in [-0.05, 0) is 109 Å². The summed E-state index contributed by atoms with van der Waals surface area (Å²) < 4.78 is 25.9. The third-order valence-corrected chi connectivity index (χ3v) is 16.3. The van der Waals surface area contributed by atoms with Crippen molar-refractivity contribution in [2.24, 2.45) is 56.7 Å². The van der Waals surface area contributed by atoms with Crippen LogP contribution in [0, 0.1) is 56.7 Å². The van der Waals surface area contributed by atoms with E-state index in [1.165, 1.54) is 38.5 Å². The van der Waals surface area contributed by atoms with Gasteiger partial charge >= 0.3 is 6.09 Å². The number of carbonyl (C=O) groups is 1. The molecular formula is C38H62N2O6. The van der Waals surface area contributed by atoms with Gasteiger partial charge in [0.15, 0.2) is 6.29 Å². The Morgan fingerprint density at radius 2 is 1.76 bits per heavy atom. The van der Waals surface area contributed by atoms with E-state index in [4.69, 9.17) is 18.9 Å². The fraction of sp³-hybridized carbons (Fsp3) is 0.974. The molecule has 1 amide bonds. The first kappa shape index (κ1) is 32.3. The van der Waals surface area contributed by atoms with Crippen molar-refractivity contribution in [3.8, 4) is 0 Å². The molecule has 0 aromatic rings. The third-order valence-electron chi connectivity index (χ3n) is 16.3. The van der Waals surface area contributed by atoms with Crippen LogP contribution >= 0.6 is 0 Å². The van der Waals surface area contributed by atoms with Crippen molar-refractivity contribution in [2.45, 2.75) is 143 Å². The minimum Gasteiger partial charge on any atom is -0.443 e. The molecule has 0 aromatic heterocycles. The molecule has 5 aliphatic carbocycles. The maximum Gasteiger partial charge on any atom is 0.410 e. The molecule has 3 unspecified atom stereocenters. The van der Waals surface area contributed by atoms with Crippen LogP contribution in [0.5, 0.6) is 0 Å². The number of fused-ring (bicyclic) bond motifs is 4. The van der Waals surface area contributed by atoms with E-state index in [9.17, 15) is 9.90 Å². The Kier molecular flexibility index (Phi) is 7.57. The summed E-state index contributed by atoms with van der Waals surface area (Å²) in [6, 6.07) is 0. The lowest BCUT2D eigenvalue weighted by atomic mass is 9.41. The molecule has 46 heavy (non-hydrogen) atoms. The SMILES string of the molecule is CC(C)C(OC(=O)N1CCC1)[C@H]1C[C@@H](C)[C@H]2[C@H](O1)[C@H](O)[C@@]1(C)[C@@H]3CC[C@H]4C(C)(C)C(O[C@H]5CNCCO5)CCC45C[C@@]35CC[C@]21C. The first-order valence-corrected chi connectivity index (χ1v) is 19.1. The molecule has 8 aliphatic rings. The summed E-state index contributed by atoms with van der Waals surface area (Å²) in [6.07, 6.45) is 9.16. The Balaban J connectivity index is 1.04. The Hall–Kier alpha value is -0.930. The molecular weight excluding hydrogens is 580 g/mol. The summed E-state index contributed by atoms with van der Waals surface area (Å²) in [6.45, 7) is 20.6. The first-order chi connectivity index (χ1) is 21.8. The fourth-order valence-corrected chi connectivity index (χ4v) is 13.9. The molecule has 0 radical (unpaired) electrons. The molecule has 260 valence electrons. The van der Waals surface area contributed by atoms with Gasteiger partial charge in [0.2, 0.25) is 0 Å². The quantitative estimate of drug-likeness (QED) is 0.381. The molecule has 2 N–H and O–H groups in total. The van der Waals surface area contributed by atoms with Crippen LogP contribution < -0.4 is 5.32 Å². The molecule has 0 bridgehead atoms. The number of morpholine rings is 1. The topological polar surface area (TPSA) is 89.5 Å². The number of likely N-dealkylation sites (tertiary alicyclic amines) is 1. The molecule has 2 spiro atoms. The third kappa shape index (κ3) is 4.18. The van der Waals surface area contributed by atoms with Crippen LogP contribution in [0.1, 0.15) is 106 Å². The molecule has 8 fully saturated rings. The van der Waals surface area contributed by atoms with E-state index >= 15 is 0 Å². The van der Waals surface area contributed by atoms with Crippen molar-refractivity contribution in [1.82, 2.24) is 10.2 Å². The van der Waals surface area contributed by atoms with Gasteiger partial charge in [0.1, 0.15) is 6.10 Å². The van der Waals surface area contributed by atoms with Gasteiger partial charge in [-0.25, -0.2) is 4.79 Å². The molecule has 3 heterocycles. The monoisotopic (exact) mass is 642 g/mol. The van der Waals surface area contributed by atoms with Gasteiger partial charge in [-0.1, -0.05) is 48.5 Å². The highest BCUT2D eigenvalue weighted by molar-refractivity contribution is 5.68. The second-order valence-electron chi connectivity index (χ2n) is 18.6. The van der Waals surface area contributed by atoms with Crippen molar-refractivity contribution in [2.75, 3.05) is 32.8 Å². The summed E-state index contributed by atoms with van der Waals surface area (Å²) >= 11 is 0. The van der Waals surface area contributed by atoms with Crippen molar-refractivity contribution < 1.29 is 28.8 Å². The first-order valence-electron chi connectivity index (χ1n) is 19.1. The number of nitrogens with zero attached hydrogens (tertiary/aromatic N) is 1. The second kappa shape index (κ2) is 10.8. The van der Waals surface area contributed by atoms with Crippen molar-refractivity contribution in [3.63, 3.8) is 0 Å². The molecule has 0 aromatic carbocycles. The molecule has 5 saturated carbocycles.